The second-order valence-corrected chi connectivity index (χ2v) is 4.69. The molecule has 19 heavy (non-hydrogen) atoms. The third-order valence-corrected chi connectivity index (χ3v) is 3.18. The lowest BCUT2D eigenvalue weighted by molar-refractivity contribution is -0.384. The van der Waals surface area contributed by atoms with Crippen molar-refractivity contribution >= 4 is 17.3 Å². The van der Waals surface area contributed by atoms with Crippen LogP contribution in [0.4, 0.5) is 11.4 Å². The van der Waals surface area contributed by atoms with Crippen LogP contribution in [0.25, 0.3) is 0 Å². The Balaban J connectivity index is 2.42. The largest absolute Gasteiger partial charge is 0.478 e. The zero-order chi connectivity index (χ0) is 14.0. The van der Waals surface area contributed by atoms with Gasteiger partial charge in [-0.05, 0) is 31.4 Å². The molecule has 1 fully saturated rings. The number of nitro benzene ring substituents is 1. The summed E-state index contributed by atoms with van der Waals surface area (Å²) < 4.78 is 0. The van der Waals surface area contributed by atoms with E-state index in [4.69, 9.17) is 5.11 Å². The minimum Gasteiger partial charge on any atom is -0.478 e. The summed E-state index contributed by atoms with van der Waals surface area (Å²) in [6, 6.07) is 4.47. The van der Waals surface area contributed by atoms with Crippen molar-refractivity contribution in [2.75, 3.05) is 11.4 Å². The molecule has 0 aliphatic heterocycles. The lowest BCUT2D eigenvalue weighted by Crippen LogP contribution is -2.27. The van der Waals surface area contributed by atoms with Gasteiger partial charge in [0, 0.05) is 18.7 Å². The average Bonchev–Trinajstić information content (AvgIpc) is 3.19. The Kier molecular flexibility index (Phi) is 3.69. The molecule has 0 radical (unpaired) electrons. The fourth-order valence-corrected chi connectivity index (χ4v) is 2.17. The zero-order valence-corrected chi connectivity index (χ0v) is 10.7. The molecule has 0 saturated heterocycles. The van der Waals surface area contributed by atoms with Crippen LogP contribution in [0.15, 0.2) is 18.2 Å². The number of hydrogen-bond donors (Lipinski definition) is 1. The van der Waals surface area contributed by atoms with Crippen LogP contribution in [0, 0.1) is 10.1 Å². The molecule has 6 heteroatoms. The van der Waals surface area contributed by atoms with Crippen LogP contribution < -0.4 is 4.90 Å². The Bertz CT molecular complexity index is 511. The number of rotatable bonds is 6. The maximum atomic E-state index is 11.1. The molecule has 1 saturated carbocycles. The van der Waals surface area contributed by atoms with Gasteiger partial charge in [0.05, 0.1) is 10.5 Å². The van der Waals surface area contributed by atoms with E-state index in [1.54, 1.807) is 6.07 Å². The third-order valence-electron chi connectivity index (χ3n) is 3.18. The first-order valence-electron chi connectivity index (χ1n) is 6.33. The maximum Gasteiger partial charge on any atom is 0.335 e. The van der Waals surface area contributed by atoms with Gasteiger partial charge >= 0.3 is 5.97 Å². The highest BCUT2D eigenvalue weighted by Crippen LogP contribution is 2.37. The molecule has 0 spiro atoms. The van der Waals surface area contributed by atoms with Gasteiger partial charge in [-0.1, -0.05) is 6.92 Å². The van der Waals surface area contributed by atoms with Gasteiger partial charge in [-0.25, -0.2) is 4.79 Å². The summed E-state index contributed by atoms with van der Waals surface area (Å²) in [5.74, 6) is -1.15. The van der Waals surface area contributed by atoms with Crippen molar-refractivity contribution in [3.05, 3.63) is 33.9 Å². The summed E-state index contributed by atoms with van der Waals surface area (Å²) in [7, 11) is 0. The highest BCUT2D eigenvalue weighted by atomic mass is 16.6. The quantitative estimate of drug-likeness (QED) is 0.630. The van der Waals surface area contributed by atoms with Gasteiger partial charge in [-0.3, -0.25) is 10.1 Å². The molecule has 1 aromatic rings. The lowest BCUT2D eigenvalue weighted by atomic mass is 10.1. The lowest BCUT2D eigenvalue weighted by Gasteiger charge is -2.23. The molecular formula is C13H16N2O4. The van der Waals surface area contributed by atoms with Gasteiger partial charge in [0.2, 0.25) is 0 Å². The smallest absolute Gasteiger partial charge is 0.335 e. The number of nitro groups is 1. The number of carboxylic acid groups (broad SMARTS) is 1. The number of benzene rings is 1. The van der Waals surface area contributed by atoms with Crippen LogP contribution in [0.3, 0.4) is 0 Å². The SMILES string of the molecule is CCCN(c1ccc(C(=O)O)cc1[N+](=O)[O-])C1CC1. The van der Waals surface area contributed by atoms with Gasteiger partial charge in [-0.15, -0.1) is 0 Å². The van der Waals surface area contributed by atoms with E-state index in [2.05, 4.69) is 0 Å². The van der Waals surface area contributed by atoms with Gasteiger partial charge < -0.3 is 10.0 Å². The highest BCUT2D eigenvalue weighted by Gasteiger charge is 2.32. The Morgan fingerprint density at radius 3 is 2.68 bits per heavy atom. The number of nitrogens with zero attached hydrogens (tertiary/aromatic N) is 2. The number of carboxylic acids is 1. The molecule has 1 aromatic carbocycles. The second kappa shape index (κ2) is 5.26. The summed E-state index contributed by atoms with van der Waals surface area (Å²) in [6.07, 6.45) is 2.98. The molecule has 0 atom stereocenters. The zero-order valence-electron chi connectivity index (χ0n) is 10.7. The van der Waals surface area contributed by atoms with Crippen molar-refractivity contribution in [3.63, 3.8) is 0 Å². The summed E-state index contributed by atoms with van der Waals surface area (Å²) in [5, 5.41) is 20.0. The Morgan fingerprint density at radius 1 is 1.53 bits per heavy atom. The molecule has 0 heterocycles. The van der Waals surface area contributed by atoms with Crippen LogP contribution in [0.5, 0.6) is 0 Å². The van der Waals surface area contributed by atoms with E-state index in [0.717, 1.165) is 31.9 Å². The van der Waals surface area contributed by atoms with E-state index in [-0.39, 0.29) is 11.3 Å². The fourth-order valence-electron chi connectivity index (χ4n) is 2.17. The molecule has 0 amide bonds. The van der Waals surface area contributed by atoms with Gasteiger partial charge in [-0.2, -0.15) is 0 Å². The molecule has 102 valence electrons. The first-order valence-corrected chi connectivity index (χ1v) is 6.33. The molecular weight excluding hydrogens is 248 g/mol. The number of aromatic carboxylic acids is 1. The van der Waals surface area contributed by atoms with E-state index in [1.165, 1.54) is 6.07 Å². The topological polar surface area (TPSA) is 83.7 Å². The minimum atomic E-state index is -1.15. The van der Waals surface area contributed by atoms with Crippen molar-refractivity contribution in [1.29, 1.82) is 0 Å². The summed E-state index contributed by atoms with van der Waals surface area (Å²) >= 11 is 0. The van der Waals surface area contributed by atoms with E-state index < -0.39 is 10.9 Å². The molecule has 0 bridgehead atoms. The van der Waals surface area contributed by atoms with Crippen LogP contribution in [-0.4, -0.2) is 28.6 Å². The van der Waals surface area contributed by atoms with E-state index in [1.807, 2.05) is 11.8 Å². The molecule has 1 N–H and O–H groups in total. The van der Waals surface area contributed by atoms with E-state index >= 15 is 0 Å². The van der Waals surface area contributed by atoms with Crippen molar-refractivity contribution in [2.45, 2.75) is 32.2 Å². The third kappa shape index (κ3) is 2.83. The predicted octanol–water partition coefficient (Wildman–Crippen LogP) is 2.67. The van der Waals surface area contributed by atoms with Crippen LogP contribution in [-0.2, 0) is 0 Å². The van der Waals surface area contributed by atoms with E-state index in [0.29, 0.717) is 11.7 Å². The standard InChI is InChI=1S/C13H16N2O4/c1-2-7-14(10-4-5-10)11-6-3-9(13(16)17)8-12(11)15(18)19/h3,6,8,10H,2,4-5,7H2,1H3,(H,16,17). The number of hydrogen-bond acceptors (Lipinski definition) is 4. The Labute approximate surface area is 110 Å². The molecule has 0 unspecified atom stereocenters. The Morgan fingerprint density at radius 2 is 2.21 bits per heavy atom. The van der Waals surface area contributed by atoms with Gasteiger partial charge in [0.25, 0.3) is 5.69 Å². The monoisotopic (exact) mass is 264 g/mol. The van der Waals surface area contributed by atoms with Gasteiger partial charge in [0.1, 0.15) is 5.69 Å². The van der Waals surface area contributed by atoms with Crippen molar-refractivity contribution in [3.8, 4) is 0 Å². The van der Waals surface area contributed by atoms with Crippen molar-refractivity contribution in [2.24, 2.45) is 0 Å². The van der Waals surface area contributed by atoms with Crippen LogP contribution in [0.2, 0.25) is 0 Å². The minimum absolute atomic E-state index is 0.0531. The second-order valence-electron chi connectivity index (χ2n) is 4.69. The van der Waals surface area contributed by atoms with Crippen LogP contribution in [0.1, 0.15) is 36.5 Å². The number of anilines is 1. The predicted molar refractivity (Wildman–Crippen MR) is 70.7 cm³/mol. The molecule has 1 aliphatic carbocycles. The first kappa shape index (κ1) is 13.3. The van der Waals surface area contributed by atoms with Gasteiger partial charge in [0.15, 0.2) is 0 Å². The molecule has 6 nitrogen and oxygen atoms in total. The summed E-state index contributed by atoms with van der Waals surface area (Å²) in [6.45, 7) is 2.77. The molecule has 2 rings (SSSR count). The number of carbonyl (C=O) groups is 1. The average molecular weight is 264 g/mol. The Hall–Kier alpha value is -2.11. The summed E-state index contributed by atoms with van der Waals surface area (Å²) in [4.78, 5) is 23.5. The highest BCUT2D eigenvalue weighted by molar-refractivity contribution is 5.89. The summed E-state index contributed by atoms with van der Waals surface area (Å²) in [5.41, 5.74) is 0.349. The normalized spacial score (nSPS) is 14.2. The molecule has 0 aromatic heterocycles. The fraction of sp³-hybridized carbons (Fsp3) is 0.462. The van der Waals surface area contributed by atoms with E-state index in [9.17, 15) is 14.9 Å². The maximum absolute atomic E-state index is 11.1. The van der Waals surface area contributed by atoms with Crippen molar-refractivity contribution in [1.82, 2.24) is 0 Å². The van der Waals surface area contributed by atoms with Crippen LogP contribution >= 0.6 is 0 Å². The van der Waals surface area contributed by atoms with Crippen molar-refractivity contribution < 1.29 is 14.8 Å². The molecule has 1 aliphatic rings. The first-order chi connectivity index (χ1) is 9.04.